The fourth-order valence-corrected chi connectivity index (χ4v) is 1.98. The summed E-state index contributed by atoms with van der Waals surface area (Å²) in [7, 11) is 0. The van der Waals surface area contributed by atoms with Gasteiger partial charge in [0.25, 0.3) is 0 Å². The van der Waals surface area contributed by atoms with E-state index in [1.807, 2.05) is 0 Å². The molecule has 0 amide bonds. The van der Waals surface area contributed by atoms with E-state index in [0.29, 0.717) is 10.7 Å². The second-order valence-electron chi connectivity index (χ2n) is 3.22. The van der Waals surface area contributed by atoms with Crippen LogP contribution in [0.3, 0.4) is 0 Å². The Balaban J connectivity index is 2.46. The predicted molar refractivity (Wildman–Crippen MR) is 57.5 cm³/mol. The minimum Gasteiger partial charge on any atom is -0.292 e. The first-order chi connectivity index (χ1) is 7.58. The molecule has 0 aliphatic rings. The third-order valence-corrected chi connectivity index (χ3v) is 2.96. The van der Waals surface area contributed by atoms with Gasteiger partial charge < -0.3 is 0 Å². The number of ketones is 1. The van der Waals surface area contributed by atoms with Crippen molar-refractivity contribution in [2.45, 2.75) is 6.92 Å². The number of hydrogen-bond acceptors (Lipinski definition) is 3. The Hall–Kier alpha value is -1.62. The maximum absolute atomic E-state index is 13.4. The summed E-state index contributed by atoms with van der Waals surface area (Å²) in [6.07, 6.45) is 0. The summed E-state index contributed by atoms with van der Waals surface area (Å²) in [5.74, 6) is -1.48. The Morgan fingerprint density at radius 3 is 2.69 bits per heavy atom. The number of aromatic nitrogens is 1. The molecule has 0 radical (unpaired) electrons. The first-order valence-corrected chi connectivity index (χ1v) is 5.38. The first-order valence-electron chi connectivity index (χ1n) is 4.50. The molecule has 2 aromatic rings. The van der Waals surface area contributed by atoms with Gasteiger partial charge in [-0.3, -0.25) is 4.79 Å². The Morgan fingerprint density at radius 2 is 2.12 bits per heavy atom. The van der Waals surface area contributed by atoms with E-state index in [1.165, 1.54) is 13.0 Å². The van der Waals surface area contributed by atoms with Crippen molar-refractivity contribution in [2.75, 3.05) is 0 Å². The van der Waals surface area contributed by atoms with Crippen molar-refractivity contribution in [2.24, 2.45) is 0 Å². The molecular formula is C11H7F2NOS. The molecule has 1 aromatic heterocycles. The van der Waals surface area contributed by atoms with Gasteiger partial charge in [-0.1, -0.05) is 0 Å². The molecule has 0 fully saturated rings. The summed E-state index contributed by atoms with van der Waals surface area (Å²) in [5.41, 5.74) is 0.554. The minimum atomic E-state index is -0.680. The number of halogens is 2. The molecule has 0 N–H and O–H groups in total. The zero-order valence-electron chi connectivity index (χ0n) is 8.33. The molecule has 0 unspecified atom stereocenters. The van der Waals surface area contributed by atoms with E-state index in [2.05, 4.69) is 4.98 Å². The summed E-state index contributed by atoms with van der Waals surface area (Å²) in [5, 5.41) is 1.89. The topological polar surface area (TPSA) is 30.0 Å². The molecule has 0 atom stereocenters. The van der Waals surface area contributed by atoms with Gasteiger partial charge in [-0.15, -0.1) is 11.3 Å². The molecule has 1 aromatic carbocycles. The molecule has 5 heteroatoms. The van der Waals surface area contributed by atoms with Crippen LogP contribution >= 0.6 is 11.3 Å². The Labute approximate surface area is 94.6 Å². The molecule has 82 valence electrons. The lowest BCUT2D eigenvalue weighted by Crippen LogP contribution is -1.91. The minimum absolute atomic E-state index is 0.168. The van der Waals surface area contributed by atoms with E-state index in [1.54, 1.807) is 5.38 Å². The summed E-state index contributed by atoms with van der Waals surface area (Å²) in [6, 6.07) is 3.26. The van der Waals surface area contributed by atoms with Crippen LogP contribution in [-0.2, 0) is 0 Å². The molecule has 0 saturated carbocycles. The largest absolute Gasteiger partial charge is 0.292 e. The fourth-order valence-electron chi connectivity index (χ4n) is 1.26. The van der Waals surface area contributed by atoms with Crippen molar-refractivity contribution in [1.82, 2.24) is 4.98 Å². The van der Waals surface area contributed by atoms with Crippen LogP contribution in [-0.4, -0.2) is 10.8 Å². The summed E-state index contributed by atoms with van der Waals surface area (Å²) in [6.45, 7) is 1.39. The quantitative estimate of drug-likeness (QED) is 0.753. The van der Waals surface area contributed by atoms with Crippen molar-refractivity contribution in [3.05, 3.63) is 40.2 Å². The van der Waals surface area contributed by atoms with Gasteiger partial charge in [0.15, 0.2) is 10.8 Å². The van der Waals surface area contributed by atoms with Crippen LogP contribution in [0.2, 0.25) is 0 Å². The SMILES string of the molecule is CC(=O)c1nc(-c2ccc(F)cc2F)cs1. The van der Waals surface area contributed by atoms with Crippen LogP contribution in [0.1, 0.15) is 16.7 Å². The monoisotopic (exact) mass is 239 g/mol. The molecule has 0 aliphatic heterocycles. The molecule has 2 rings (SSSR count). The van der Waals surface area contributed by atoms with Crippen LogP contribution in [0.15, 0.2) is 23.6 Å². The average molecular weight is 239 g/mol. The average Bonchev–Trinajstić information content (AvgIpc) is 2.66. The van der Waals surface area contributed by atoms with Gasteiger partial charge in [-0.2, -0.15) is 0 Å². The van der Waals surface area contributed by atoms with E-state index in [9.17, 15) is 13.6 Å². The lowest BCUT2D eigenvalue weighted by Gasteiger charge is -1.98. The number of rotatable bonds is 2. The second-order valence-corrected chi connectivity index (χ2v) is 4.08. The zero-order valence-corrected chi connectivity index (χ0v) is 9.15. The fraction of sp³-hybridized carbons (Fsp3) is 0.0909. The van der Waals surface area contributed by atoms with Gasteiger partial charge in [-0.05, 0) is 12.1 Å². The number of hydrogen-bond donors (Lipinski definition) is 0. The summed E-state index contributed by atoms with van der Waals surface area (Å²) in [4.78, 5) is 15.0. The second kappa shape index (κ2) is 4.09. The molecular weight excluding hydrogens is 232 g/mol. The highest BCUT2D eigenvalue weighted by Gasteiger charge is 2.11. The molecule has 0 bridgehead atoms. The van der Waals surface area contributed by atoms with E-state index >= 15 is 0 Å². The molecule has 0 spiro atoms. The first kappa shape index (κ1) is 10.9. The number of carbonyl (C=O) groups is 1. The van der Waals surface area contributed by atoms with Crippen molar-refractivity contribution in [1.29, 1.82) is 0 Å². The molecule has 16 heavy (non-hydrogen) atoms. The lowest BCUT2D eigenvalue weighted by atomic mass is 10.1. The highest BCUT2D eigenvalue weighted by molar-refractivity contribution is 7.12. The van der Waals surface area contributed by atoms with Crippen molar-refractivity contribution < 1.29 is 13.6 Å². The normalized spacial score (nSPS) is 10.4. The maximum Gasteiger partial charge on any atom is 0.188 e. The number of carbonyl (C=O) groups excluding carboxylic acids is 1. The highest BCUT2D eigenvalue weighted by atomic mass is 32.1. The zero-order chi connectivity index (χ0) is 11.7. The van der Waals surface area contributed by atoms with Crippen LogP contribution in [0.5, 0.6) is 0 Å². The molecule has 0 saturated heterocycles. The van der Waals surface area contributed by atoms with Crippen LogP contribution in [0.4, 0.5) is 8.78 Å². The molecule has 2 nitrogen and oxygen atoms in total. The summed E-state index contributed by atoms with van der Waals surface area (Å²) >= 11 is 1.14. The Kier molecular flexibility index (Phi) is 2.78. The van der Waals surface area contributed by atoms with E-state index in [-0.39, 0.29) is 11.3 Å². The lowest BCUT2D eigenvalue weighted by molar-refractivity contribution is 0.101. The van der Waals surface area contributed by atoms with Gasteiger partial charge in [0.1, 0.15) is 11.6 Å². The van der Waals surface area contributed by atoms with Crippen LogP contribution in [0, 0.1) is 11.6 Å². The van der Waals surface area contributed by atoms with E-state index < -0.39 is 11.6 Å². The third-order valence-electron chi connectivity index (χ3n) is 2.01. The Morgan fingerprint density at radius 1 is 1.38 bits per heavy atom. The van der Waals surface area contributed by atoms with Gasteiger partial charge in [0, 0.05) is 23.9 Å². The number of Topliss-reactive ketones (excluding diaryl/α,β-unsaturated/α-hetero) is 1. The summed E-state index contributed by atoms with van der Waals surface area (Å²) < 4.78 is 26.1. The van der Waals surface area contributed by atoms with Crippen LogP contribution < -0.4 is 0 Å². The van der Waals surface area contributed by atoms with Crippen molar-refractivity contribution in [3.8, 4) is 11.3 Å². The maximum atomic E-state index is 13.4. The Bertz CT molecular complexity index is 551. The van der Waals surface area contributed by atoms with E-state index in [0.717, 1.165) is 23.5 Å². The van der Waals surface area contributed by atoms with Gasteiger partial charge >= 0.3 is 0 Å². The third kappa shape index (κ3) is 1.99. The van der Waals surface area contributed by atoms with E-state index in [4.69, 9.17) is 0 Å². The highest BCUT2D eigenvalue weighted by Crippen LogP contribution is 2.25. The number of benzene rings is 1. The van der Waals surface area contributed by atoms with Gasteiger partial charge in [0.05, 0.1) is 5.69 Å². The molecule has 1 heterocycles. The van der Waals surface area contributed by atoms with Crippen molar-refractivity contribution >= 4 is 17.1 Å². The smallest absolute Gasteiger partial charge is 0.188 e. The predicted octanol–water partition coefficient (Wildman–Crippen LogP) is 3.29. The van der Waals surface area contributed by atoms with Crippen molar-refractivity contribution in [3.63, 3.8) is 0 Å². The number of thiazole rings is 1. The van der Waals surface area contributed by atoms with Gasteiger partial charge in [-0.25, -0.2) is 13.8 Å². The standard InChI is InChI=1S/C11H7F2NOS/c1-6(15)11-14-10(5-16-11)8-3-2-7(12)4-9(8)13/h2-5H,1H3. The van der Waals surface area contributed by atoms with Gasteiger partial charge in [0.2, 0.25) is 0 Å². The molecule has 0 aliphatic carbocycles. The number of nitrogens with zero attached hydrogens (tertiary/aromatic N) is 1. The van der Waals surface area contributed by atoms with Crippen LogP contribution in [0.25, 0.3) is 11.3 Å².